The summed E-state index contributed by atoms with van der Waals surface area (Å²) in [5.74, 6) is 0.550. The highest BCUT2D eigenvalue weighted by Gasteiger charge is 2.28. The number of aromatic nitrogens is 1. The van der Waals surface area contributed by atoms with Gasteiger partial charge >= 0.3 is 0 Å². The van der Waals surface area contributed by atoms with E-state index in [2.05, 4.69) is 29.0 Å². The van der Waals surface area contributed by atoms with E-state index in [-0.39, 0.29) is 30.9 Å². The van der Waals surface area contributed by atoms with E-state index in [9.17, 15) is 0 Å². The Morgan fingerprint density at radius 1 is 1.18 bits per heavy atom. The van der Waals surface area contributed by atoms with Crippen molar-refractivity contribution in [1.82, 2.24) is 15.2 Å². The topological polar surface area (TPSA) is 28.2 Å². The van der Waals surface area contributed by atoms with Gasteiger partial charge in [-0.05, 0) is 12.3 Å². The Balaban J connectivity index is 0.00000220. The number of halogens is 5. The fourth-order valence-electron chi connectivity index (χ4n) is 2.65. The summed E-state index contributed by atoms with van der Waals surface area (Å²) in [6.07, 6.45) is 2.60. The molecule has 0 amide bonds. The van der Waals surface area contributed by atoms with Gasteiger partial charge < -0.3 is 5.32 Å². The Hall–Kier alpha value is 0.520. The fourth-order valence-corrected chi connectivity index (χ4v) is 3.40. The molecule has 0 bridgehead atoms. The smallest absolute Gasteiger partial charge is 0.148 e. The molecule has 0 spiro atoms. The molecular weight excluding hydrogens is 387 g/mol. The van der Waals surface area contributed by atoms with Gasteiger partial charge in [-0.2, -0.15) is 0 Å². The predicted molar refractivity (Wildman–Crippen MR) is 100 cm³/mol. The number of hydrogen-bond donors (Lipinski definition) is 1. The Labute approximate surface area is 159 Å². The lowest BCUT2D eigenvalue weighted by Crippen LogP contribution is -2.45. The second-order valence-electron chi connectivity index (χ2n) is 5.56. The molecule has 2 heterocycles. The Kier molecular flexibility index (Phi) is 10.6. The number of nitrogens with zero attached hydrogens (tertiary/aromatic N) is 2. The molecule has 1 aliphatic rings. The maximum atomic E-state index is 6.37. The van der Waals surface area contributed by atoms with Crippen LogP contribution in [0.4, 0.5) is 0 Å². The first-order chi connectivity index (χ1) is 9.50. The monoisotopic (exact) mass is 407 g/mol. The number of hydrogen-bond acceptors (Lipinski definition) is 3. The summed E-state index contributed by atoms with van der Waals surface area (Å²) in [6.45, 7) is 8.37. The van der Waals surface area contributed by atoms with E-state index >= 15 is 0 Å². The predicted octanol–water partition coefficient (Wildman–Crippen LogP) is 4.88. The van der Waals surface area contributed by atoms with Crippen molar-refractivity contribution in [3.05, 3.63) is 27.0 Å². The first kappa shape index (κ1) is 22.5. The molecule has 1 N–H and O–H groups in total. The lowest BCUT2D eigenvalue weighted by molar-refractivity contribution is 0.154. The number of rotatable bonds is 4. The van der Waals surface area contributed by atoms with Crippen molar-refractivity contribution in [3.8, 4) is 0 Å². The normalized spacial score (nSPS) is 16.8. The molecule has 0 radical (unpaired) electrons. The lowest BCUT2D eigenvalue weighted by atomic mass is 9.95. The van der Waals surface area contributed by atoms with E-state index in [1.165, 1.54) is 0 Å². The van der Waals surface area contributed by atoms with Crippen LogP contribution >= 0.6 is 59.6 Å². The van der Waals surface area contributed by atoms with Gasteiger partial charge in [0, 0.05) is 44.0 Å². The summed E-state index contributed by atoms with van der Waals surface area (Å²) in [6, 6.07) is 0.192. The molecule has 1 fully saturated rings. The van der Waals surface area contributed by atoms with Crippen molar-refractivity contribution in [3.63, 3.8) is 0 Å². The van der Waals surface area contributed by atoms with Gasteiger partial charge in [-0.1, -0.05) is 48.7 Å². The van der Waals surface area contributed by atoms with Crippen molar-refractivity contribution in [2.24, 2.45) is 5.92 Å². The maximum Gasteiger partial charge on any atom is 0.148 e. The first-order valence-electron chi connectivity index (χ1n) is 6.95. The van der Waals surface area contributed by atoms with E-state index in [4.69, 9.17) is 34.8 Å². The second kappa shape index (κ2) is 10.4. The third-order valence-electron chi connectivity index (χ3n) is 3.59. The van der Waals surface area contributed by atoms with Gasteiger partial charge in [0.15, 0.2) is 0 Å². The summed E-state index contributed by atoms with van der Waals surface area (Å²) in [5.41, 5.74) is 0.920. The SMILES string of the molecule is CC(C)C[C@H](c1c(Cl)cnc(Cl)c1Cl)N1CCNCC1.Cl.Cl. The van der Waals surface area contributed by atoms with Gasteiger partial charge in [-0.15, -0.1) is 24.8 Å². The van der Waals surface area contributed by atoms with Gasteiger partial charge in [-0.3, -0.25) is 4.90 Å². The molecule has 1 atom stereocenters. The number of piperazine rings is 1. The van der Waals surface area contributed by atoms with Crippen LogP contribution in [0.5, 0.6) is 0 Å². The van der Waals surface area contributed by atoms with Crippen molar-refractivity contribution in [2.75, 3.05) is 26.2 Å². The van der Waals surface area contributed by atoms with Crippen LogP contribution in [-0.4, -0.2) is 36.1 Å². The highest BCUT2D eigenvalue weighted by atomic mass is 35.5. The summed E-state index contributed by atoms with van der Waals surface area (Å²) >= 11 is 18.8. The lowest BCUT2D eigenvalue weighted by Gasteiger charge is -2.37. The van der Waals surface area contributed by atoms with Crippen LogP contribution in [0, 0.1) is 5.92 Å². The average molecular weight is 410 g/mol. The van der Waals surface area contributed by atoms with Crippen molar-refractivity contribution >= 4 is 59.6 Å². The largest absolute Gasteiger partial charge is 0.314 e. The molecule has 1 aromatic heterocycles. The molecule has 1 aromatic rings. The van der Waals surface area contributed by atoms with E-state index < -0.39 is 0 Å². The second-order valence-corrected chi connectivity index (χ2v) is 6.70. The average Bonchev–Trinajstić information content (AvgIpc) is 2.43. The first-order valence-corrected chi connectivity index (χ1v) is 8.08. The van der Waals surface area contributed by atoms with Crippen molar-refractivity contribution in [2.45, 2.75) is 26.3 Å². The van der Waals surface area contributed by atoms with Gasteiger partial charge in [0.1, 0.15) is 5.15 Å². The summed E-state index contributed by atoms with van der Waals surface area (Å²) < 4.78 is 0. The fraction of sp³-hybridized carbons (Fsp3) is 0.643. The highest BCUT2D eigenvalue weighted by molar-refractivity contribution is 6.43. The molecule has 22 heavy (non-hydrogen) atoms. The molecule has 0 saturated carbocycles. The van der Waals surface area contributed by atoms with E-state index in [1.807, 2.05) is 0 Å². The van der Waals surface area contributed by atoms with Gasteiger partial charge in [0.2, 0.25) is 0 Å². The van der Waals surface area contributed by atoms with E-state index in [0.29, 0.717) is 21.1 Å². The van der Waals surface area contributed by atoms with E-state index in [1.54, 1.807) is 6.20 Å². The van der Waals surface area contributed by atoms with Crippen LogP contribution in [0.15, 0.2) is 6.20 Å². The summed E-state index contributed by atoms with van der Waals surface area (Å²) in [5, 5.41) is 4.79. The third-order valence-corrected chi connectivity index (χ3v) is 4.65. The van der Waals surface area contributed by atoms with Crippen LogP contribution in [0.2, 0.25) is 15.2 Å². The minimum atomic E-state index is 0. The molecule has 0 aromatic carbocycles. The summed E-state index contributed by atoms with van der Waals surface area (Å²) in [4.78, 5) is 6.45. The zero-order valence-electron chi connectivity index (χ0n) is 12.6. The van der Waals surface area contributed by atoms with Gasteiger partial charge in [0.05, 0.1) is 10.0 Å². The van der Waals surface area contributed by atoms with Crippen LogP contribution in [0.3, 0.4) is 0 Å². The molecule has 0 aliphatic carbocycles. The molecule has 3 nitrogen and oxygen atoms in total. The number of pyridine rings is 1. The van der Waals surface area contributed by atoms with Crippen molar-refractivity contribution in [1.29, 1.82) is 0 Å². The molecule has 1 aliphatic heterocycles. The maximum absolute atomic E-state index is 6.37. The standard InChI is InChI=1S/C14H20Cl3N3.2ClH/c1-9(2)7-11(20-5-3-18-4-6-20)12-10(15)8-19-14(17)13(12)16;;/h8-9,11,18H,3-7H2,1-2H3;2*1H/t11-;;/m1../s1. The van der Waals surface area contributed by atoms with Crippen LogP contribution in [0.1, 0.15) is 31.9 Å². The van der Waals surface area contributed by atoms with Crippen LogP contribution < -0.4 is 5.32 Å². The van der Waals surface area contributed by atoms with Crippen molar-refractivity contribution < 1.29 is 0 Å². The minimum Gasteiger partial charge on any atom is -0.314 e. The quantitative estimate of drug-likeness (QED) is 0.719. The summed E-state index contributed by atoms with van der Waals surface area (Å²) in [7, 11) is 0. The highest BCUT2D eigenvalue weighted by Crippen LogP contribution is 2.39. The Bertz CT molecular complexity index is 464. The molecule has 1 saturated heterocycles. The van der Waals surface area contributed by atoms with E-state index in [0.717, 1.165) is 38.2 Å². The van der Waals surface area contributed by atoms with Gasteiger partial charge in [-0.25, -0.2) is 4.98 Å². The molecule has 128 valence electrons. The molecule has 0 unspecified atom stereocenters. The molecular formula is C14H22Cl5N3. The van der Waals surface area contributed by atoms with Crippen LogP contribution in [-0.2, 0) is 0 Å². The van der Waals surface area contributed by atoms with Gasteiger partial charge in [0.25, 0.3) is 0 Å². The number of nitrogens with one attached hydrogen (secondary N) is 1. The zero-order valence-corrected chi connectivity index (χ0v) is 16.5. The molecule has 8 heteroatoms. The Morgan fingerprint density at radius 3 is 2.32 bits per heavy atom. The third kappa shape index (κ3) is 5.55. The zero-order chi connectivity index (χ0) is 14.7. The Morgan fingerprint density at radius 2 is 1.77 bits per heavy atom. The van der Waals surface area contributed by atoms with Crippen LogP contribution in [0.25, 0.3) is 0 Å². The minimum absolute atomic E-state index is 0. The molecule has 2 rings (SSSR count).